The van der Waals surface area contributed by atoms with Crippen molar-refractivity contribution in [3.63, 3.8) is 0 Å². The topological polar surface area (TPSA) is 40.5 Å². The van der Waals surface area contributed by atoms with E-state index in [1.807, 2.05) is 0 Å². The third-order valence-corrected chi connectivity index (χ3v) is 5.06. The van der Waals surface area contributed by atoms with Crippen molar-refractivity contribution in [2.75, 3.05) is 19.3 Å². The maximum atomic E-state index is 13.9. The summed E-state index contributed by atoms with van der Waals surface area (Å²) in [5.41, 5.74) is 0.535. The third-order valence-electron chi connectivity index (χ3n) is 4.29. The van der Waals surface area contributed by atoms with Crippen LogP contribution in [0, 0.1) is 17.7 Å². The van der Waals surface area contributed by atoms with E-state index in [-0.39, 0.29) is 6.54 Å². The summed E-state index contributed by atoms with van der Waals surface area (Å²) in [4.78, 5) is 13.0. The van der Waals surface area contributed by atoms with Crippen molar-refractivity contribution in [3.8, 4) is 0 Å². The summed E-state index contributed by atoms with van der Waals surface area (Å²) in [7, 11) is 0. The van der Waals surface area contributed by atoms with Gasteiger partial charge in [0.15, 0.2) is 0 Å². The van der Waals surface area contributed by atoms with Crippen molar-refractivity contribution < 1.29 is 27.5 Å². The van der Waals surface area contributed by atoms with Gasteiger partial charge in [-0.2, -0.15) is 13.2 Å². The van der Waals surface area contributed by atoms with Crippen molar-refractivity contribution in [1.29, 1.82) is 0 Å². The van der Waals surface area contributed by atoms with Crippen LogP contribution in [0.25, 0.3) is 0 Å². The van der Waals surface area contributed by atoms with Crippen molar-refractivity contribution in [2.45, 2.75) is 24.0 Å². The van der Waals surface area contributed by atoms with Crippen molar-refractivity contribution in [1.82, 2.24) is 4.90 Å². The Morgan fingerprint density at radius 3 is 2.48 bits per heavy atom. The fourth-order valence-corrected chi connectivity index (χ4v) is 3.34. The maximum Gasteiger partial charge on any atom is 0.393 e. The van der Waals surface area contributed by atoms with Crippen LogP contribution in [0.5, 0.6) is 0 Å². The summed E-state index contributed by atoms with van der Waals surface area (Å²) < 4.78 is 52.9. The second kappa shape index (κ2) is 6.68. The van der Waals surface area contributed by atoms with E-state index in [0.717, 1.165) is 0 Å². The van der Waals surface area contributed by atoms with Crippen LogP contribution in [0.4, 0.5) is 17.6 Å². The van der Waals surface area contributed by atoms with E-state index in [9.17, 15) is 22.4 Å². The van der Waals surface area contributed by atoms with Crippen molar-refractivity contribution in [3.05, 3.63) is 29.6 Å². The predicted molar refractivity (Wildman–Crippen MR) is 78.8 cm³/mol. The van der Waals surface area contributed by atoms with Gasteiger partial charge in [-0.05, 0) is 30.9 Å². The number of carboxylic acid groups (broad SMARTS) is 1. The zero-order valence-corrected chi connectivity index (χ0v) is 13.4. The summed E-state index contributed by atoms with van der Waals surface area (Å²) in [6, 6.07) is 4.05. The van der Waals surface area contributed by atoms with Crippen LogP contribution in [0.1, 0.15) is 18.5 Å². The highest BCUT2D eigenvalue weighted by Gasteiger charge is 2.53. The highest BCUT2D eigenvalue weighted by molar-refractivity contribution is 7.98. The minimum atomic E-state index is -4.56. The van der Waals surface area contributed by atoms with Gasteiger partial charge in [-0.15, -0.1) is 11.8 Å². The molecule has 2 rings (SSSR count). The minimum absolute atomic E-state index is 0.202. The number of aliphatic carboxylic acids is 1. The van der Waals surface area contributed by atoms with Crippen LogP contribution >= 0.6 is 11.8 Å². The molecule has 1 heterocycles. The van der Waals surface area contributed by atoms with Crippen LogP contribution in [0.3, 0.4) is 0 Å². The number of rotatable bonds is 4. The third kappa shape index (κ3) is 3.80. The number of thioether (sulfide) groups is 1. The Morgan fingerprint density at radius 1 is 1.39 bits per heavy atom. The number of nitrogens with zero attached hydrogens (tertiary/aromatic N) is 1. The second-order valence-corrected chi connectivity index (χ2v) is 6.46. The van der Waals surface area contributed by atoms with Crippen LogP contribution in [-0.4, -0.2) is 41.5 Å². The first-order valence-corrected chi connectivity index (χ1v) is 8.24. The number of benzene rings is 1. The fourth-order valence-electron chi connectivity index (χ4n) is 2.89. The molecule has 0 amide bonds. The molecule has 3 atom stereocenters. The molecule has 1 saturated heterocycles. The largest absolute Gasteiger partial charge is 0.481 e. The molecule has 0 radical (unpaired) electrons. The molecular formula is C15H17F4NO2S. The molecule has 1 fully saturated rings. The number of alkyl halides is 3. The summed E-state index contributed by atoms with van der Waals surface area (Å²) in [5, 5.41) is 9.04. The Hall–Kier alpha value is -1.28. The van der Waals surface area contributed by atoms with Gasteiger partial charge in [0.2, 0.25) is 0 Å². The lowest BCUT2D eigenvalue weighted by Crippen LogP contribution is -2.33. The Labute approximate surface area is 135 Å². The van der Waals surface area contributed by atoms with Crippen LogP contribution in [-0.2, 0) is 4.79 Å². The second-order valence-electron chi connectivity index (χ2n) is 5.62. The molecule has 1 aliphatic heterocycles. The monoisotopic (exact) mass is 351 g/mol. The standard InChI is InChI=1S/C15H17F4NO2S/c1-8(9-3-4-13(23-2)12(16)5-9)20-6-10(14(21)22)11(7-20)15(17,18)19/h3-5,8,10-11H,6-7H2,1-2H3,(H,21,22)/t8?,10-,11-/m1/s1. The lowest BCUT2D eigenvalue weighted by molar-refractivity contribution is -0.188. The normalized spacial score (nSPS) is 23.9. The van der Waals surface area contributed by atoms with E-state index in [0.29, 0.717) is 10.5 Å². The molecule has 1 aromatic rings. The summed E-state index contributed by atoms with van der Waals surface area (Å²) in [6.07, 6.45) is -2.83. The van der Waals surface area contributed by atoms with Gasteiger partial charge in [0.25, 0.3) is 0 Å². The van der Waals surface area contributed by atoms with E-state index in [1.54, 1.807) is 25.3 Å². The van der Waals surface area contributed by atoms with Gasteiger partial charge in [0.05, 0.1) is 11.8 Å². The van der Waals surface area contributed by atoms with E-state index in [2.05, 4.69) is 0 Å². The maximum absolute atomic E-state index is 13.9. The highest BCUT2D eigenvalue weighted by Crippen LogP contribution is 2.40. The number of carbonyl (C=O) groups is 1. The molecular weight excluding hydrogens is 334 g/mol. The van der Waals surface area contributed by atoms with Gasteiger partial charge in [-0.1, -0.05) is 6.07 Å². The lowest BCUT2D eigenvalue weighted by atomic mass is 9.96. The number of hydrogen-bond donors (Lipinski definition) is 1. The van der Waals surface area contributed by atoms with E-state index in [4.69, 9.17) is 5.11 Å². The van der Waals surface area contributed by atoms with Crippen molar-refractivity contribution in [2.24, 2.45) is 11.8 Å². The van der Waals surface area contributed by atoms with Gasteiger partial charge < -0.3 is 5.11 Å². The zero-order chi connectivity index (χ0) is 17.4. The SMILES string of the molecule is CSc1ccc(C(C)N2C[C@@H](C(F)(F)F)[C@H](C(=O)O)C2)cc1F. The molecule has 1 N–H and O–H groups in total. The van der Waals surface area contributed by atoms with E-state index >= 15 is 0 Å². The molecule has 8 heteroatoms. The molecule has 0 aromatic heterocycles. The molecule has 0 saturated carbocycles. The fraction of sp³-hybridized carbons (Fsp3) is 0.533. The quantitative estimate of drug-likeness (QED) is 0.662. The van der Waals surface area contributed by atoms with E-state index in [1.165, 1.54) is 22.7 Å². The average molecular weight is 351 g/mol. The Morgan fingerprint density at radius 2 is 2.04 bits per heavy atom. The van der Waals surface area contributed by atoms with Crippen molar-refractivity contribution >= 4 is 17.7 Å². The van der Waals surface area contributed by atoms with Gasteiger partial charge in [-0.3, -0.25) is 9.69 Å². The molecule has 128 valence electrons. The zero-order valence-electron chi connectivity index (χ0n) is 12.6. The molecule has 1 aromatic carbocycles. The number of halogens is 4. The summed E-state index contributed by atoms with van der Waals surface area (Å²) in [5.74, 6) is -5.28. The smallest absolute Gasteiger partial charge is 0.393 e. The number of carboxylic acids is 1. The van der Waals surface area contributed by atoms with Gasteiger partial charge in [0, 0.05) is 24.0 Å². The van der Waals surface area contributed by atoms with Gasteiger partial charge in [0.1, 0.15) is 5.82 Å². The minimum Gasteiger partial charge on any atom is -0.481 e. The van der Waals surface area contributed by atoms with Gasteiger partial charge >= 0.3 is 12.1 Å². The van der Waals surface area contributed by atoms with Gasteiger partial charge in [-0.25, -0.2) is 4.39 Å². The molecule has 0 spiro atoms. The molecule has 1 unspecified atom stereocenters. The molecule has 0 aliphatic carbocycles. The van der Waals surface area contributed by atoms with Crippen LogP contribution < -0.4 is 0 Å². The molecule has 0 bridgehead atoms. The molecule has 1 aliphatic rings. The average Bonchev–Trinajstić information content (AvgIpc) is 2.92. The number of hydrogen-bond acceptors (Lipinski definition) is 3. The van der Waals surface area contributed by atoms with E-state index < -0.39 is 42.4 Å². The van der Waals surface area contributed by atoms with Crippen LogP contribution in [0.15, 0.2) is 23.1 Å². The first-order valence-electron chi connectivity index (χ1n) is 7.02. The number of likely N-dealkylation sites (tertiary alicyclic amines) is 1. The highest BCUT2D eigenvalue weighted by atomic mass is 32.2. The van der Waals surface area contributed by atoms with Crippen LogP contribution in [0.2, 0.25) is 0 Å². The first-order chi connectivity index (χ1) is 10.6. The summed E-state index contributed by atoms with van der Waals surface area (Å²) in [6.45, 7) is 1.06. The Kier molecular flexibility index (Phi) is 5.25. The first kappa shape index (κ1) is 18.1. The molecule has 23 heavy (non-hydrogen) atoms. The summed E-state index contributed by atoms with van der Waals surface area (Å²) >= 11 is 1.24. The Balaban J connectivity index is 2.22. The molecule has 3 nitrogen and oxygen atoms in total. The Bertz CT molecular complexity index is 593. The lowest BCUT2D eigenvalue weighted by Gasteiger charge is -2.25. The predicted octanol–water partition coefficient (Wildman–Crippen LogP) is 3.80.